The number of hydrogen-bond acceptors (Lipinski definition) is 3. The van der Waals surface area contributed by atoms with Crippen molar-refractivity contribution in [2.24, 2.45) is 0 Å². The Kier molecular flexibility index (Phi) is 4.36. The van der Waals surface area contributed by atoms with Gasteiger partial charge in [0, 0.05) is 36.8 Å². The predicted molar refractivity (Wildman–Crippen MR) is 73.2 cm³/mol. The molecule has 0 aliphatic carbocycles. The Hall–Kier alpha value is -1.81. The topological polar surface area (TPSA) is 53.1 Å². The molecular formula is C14H19N3O. The van der Waals surface area contributed by atoms with E-state index < -0.39 is 0 Å². The highest BCUT2D eigenvalue weighted by Gasteiger charge is 2.05. The molecule has 1 aromatic carbocycles. The van der Waals surface area contributed by atoms with Gasteiger partial charge in [0.05, 0.1) is 6.61 Å². The van der Waals surface area contributed by atoms with E-state index in [9.17, 15) is 0 Å². The minimum absolute atomic E-state index is 0.714. The molecule has 18 heavy (non-hydrogen) atoms. The van der Waals surface area contributed by atoms with Crippen LogP contribution in [-0.2, 0) is 11.3 Å². The smallest absolute Gasteiger partial charge is 0.139 e. The molecule has 0 radical (unpaired) electrons. The van der Waals surface area contributed by atoms with E-state index in [-0.39, 0.29) is 0 Å². The van der Waals surface area contributed by atoms with Crippen LogP contribution in [0.3, 0.4) is 0 Å². The van der Waals surface area contributed by atoms with E-state index >= 15 is 0 Å². The summed E-state index contributed by atoms with van der Waals surface area (Å²) in [6.07, 6.45) is 4.83. The van der Waals surface area contributed by atoms with Gasteiger partial charge < -0.3 is 15.0 Å². The first-order valence-corrected chi connectivity index (χ1v) is 6.26. The SMILES string of the molecule is CCCOCCn1ccnc1-c1ccc(N)cc1. The molecule has 0 amide bonds. The second kappa shape index (κ2) is 6.21. The van der Waals surface area contributed by atoms with Crippen LogP contribution >= 0.6 is 0 Å². The van der Waals surface area contributed by atoms with Crippen LogP contribution in [0.5, 0.6) is 0 Å². The number of nitrogens with zero attached hydrogens (tertiary/aromatic N) is 2. The highest BCUT2D eigenvalue weighted by atomic mass is 16.5. The van der Waals surface area contributed by atoms with E-state index in [4.69, 9.17) is 10.5 Å². The summed E-state index contributed by atoms with van der Waals surface area (Å²) in [5, 5.41) is 0. The van der Waals surface area contributed by atoms with E-state index in [0.717, 1.165) is 36.6 Å². The molecule has 0 fully saturated rings. The summed E-state index contributed by atoms with van der Waals surface area (Å²) >= 11 is 0. The lowest BCUT2D eigenvalue weighted by Gasteiger charge is -2.08. The number of imidazole rings is 1. The zero-order chi connectivity index (χ0) is 12.8. The summed E-state index contributed by atoms with van der Waals surface area (Å²) in [4.78, 5) is 4.38. The van der Waals surface area contributed by atoms with Gasteiger partial charge in [-0.15, -0.1) is 0 Å². The maximum Gasteiger partial charge on any atom is 0.139 e. The number of nitrogen functional groups attached to an aromatic ring is 1. The van der Waals surface area contributed by atoms with Gasteiger partial charge in [0.25, 0.3) is 0 Å². The third-order valence-corrected chi connectivity index (χ3v) is 2.71. The van der Waals surface area contributed by atoms with Crippen molar-refractivity contribution in [2.75, 3.05) is 18.9 Å². The first-order chi connectivity index (χ1) is 8.81. The van der Waals surface area contributed by atoms with Gasteiger partial charge >= 0.3 is 0 Å². The molecule has 0 unspecified atom stereocenters. The third kappa shape index (κ3) is 3.11. The quantitative estimate of drug-likeness (QED) is 0.628. The fourth-order valence-electron chi connectivity index (χ4n) is 1.79. The van der Waals surface area contributed by atoms with Crippen molar-refractivity contribution < 1.29 is 4.74 Å². The minimum atomic E-state index is 0.714. The molecule has 1 aromatic heterocycles. The van der Waals surface area contributed by atoms with Crippen LogP contribution in [0, 0.1) is 0 Å². The number of ether oxygens (including phenoxy) is 1. The molecule has 0 saturated carbocycles. The normalized spacial score (nSPS) is 10.7. The average Bonchev–Trinajstić information content (AvgIpc) is 2.84. The molecule has 0 saturated heterocycles. The maximum atomic E-state index is 5.68. The fourth-order valence-corrected chi connectivity index (χ4v) is 1.79. The van der Waals surface area contributed by atoms with Crippen LogP contribution in [0.15, 0.2) is 36.7 Å². The van der Waals surface area contributed by atoms with Crippen LogP contribution in [0.25, 0.3) is 11.4 Å². The Morgan fingerprint density at radius 2 is 2.00 bits per heavy atom. The summed E-state index contributed by atoms with van der Waals surface area (Å²) in [7, 11) is 0. The van der Waals surface area contributed by atoms with Crippen LogP contribution in [0.1, 0.15) is 13.3 Å². The number of anilines is 1. The van der Waals surface area contributed by atoms with Crippen molar-refractivity contribution in [3.8, 4) is 11.4 Å². The number of aromatic nitrogens is 2. The molecule has 2 rings (SSSR count). The van der Waals surface area contributed by atoms with Gasteiger partial charge in [0.2, 0.25) is 0 Å². The summed E-state index contributed by atoms with van der Waals surface area (Å²) < 4.78 is 7.60. The first-order valence-electron chi connectivity index (χ1n) is 6.26. The van der Waals surface area contributed by atoms with E-state index in [1.54, 1.807) is 0 Å². The molecule has 2 aromatic rings. The highest BCUT2D eigenvalue weighted by molar-refractivity contribution is 5.59. The number of benzene rings is 1. The molecule has 96 valence electrons. The van der Waals surface area contributed by atoms with Crippen molar-refractivity contribution in [1.82, 2.24) is 9.55 Å². The van der Waals surface area contributed by atoms with E-state index in [1.807, 2.05) is 36.7 Å². The lowest BCUT2D eigenvalue weighted by atomic mass is 10.2. The van der Waals surface area contributed by atoms with E-state index in [0.29, 0.717) is 6.61 Å². The number of nitrogens with two attached hydrogens (primary N) is 1. The largest absolute Gasteiger partial charge is 0.399 e. The Morgan fingerprint density at radius 3 is 2.72 bits per heavy atom. The molecule has 4 heteroatoms. The van der Waals surface area contributed by atoms with Gasteiger partial charge in [-0.3, -0.25) is 0 Å². The molecule has 0 aliphatic heterocycles. The number of rotatable bonds is 6. The molecule has 0 bridgehead atoms. The van der Waals surface area contributed by atoms with Gasteiger partial charge in [-0.2, -0.15) is 0 Å². The fraction of sp³-hybridized carbons (Fsp3) is 0.357. The molecule has 4 nitrogen and oxygen atoms in total. The Bertz CT molecular complexity index is 476. The molecule has 1 heterocycles. The van der Waals surface area contributed by atoms with Gasteiger partial charge in [-0.1, -0.05) is 6.92 Å². The minimum Gasteiger partial charge on any atom is -0.399 e. The summed E-state index contributed by atoms with van der Waals surface area (Å²) in [5.74, 6) is 0.954. The second-order valence-electron chi connectivity index (χ2n) is 4.18. The number of hydrogen-bond donors (Lipinski definition) is 1. The molecular weight excluding hydrogens is 226 g/mol. The maximum absolute atomic E-state index is 5.68. The van der Waals surface area contributed by atoms with Crippen LogP contribution < -0.4 is 5.73 Å². The van der Waals surface area contributed by atoms with Crippen molar-refractivity contribution in [3.05, 3.63) is 36.7 Å². The lowest BCUT2D eigenvalue weighted by Crippen LogP contribution is -2.07. The first kappa shape index (κ1) is 12.6. The molecule has 0 aliphatic rings. The van der Waals surface area contributed by atoms with Gasteiger partial charge in [-0.05, 0) is 30.7 Å². The standard InChI is InChI=1S/C14H19N3O/c1-2-10-18-11-9-17-8-7-16-14(17)12-3-5-13(15)6-4-12/h3-8H,2,9-11,15H2,1H3. The molecule has 2 N–H and O–H groups in total. The Balaban J connectivity index is 2.05. The van der Waals surface area contributed by atoms with Crippen molar-refractivity contribution in [2.45, 2.75) is 19.9 Å². The highest BCUT2D eigenvalue weighted by Crippen LogP contribution is 2.18. The van der Waals surface area contributed by atoms with Crippen molar-refractivity contribution in [3.63, 3.8) is 0 Å². The predicted octanol–water partition coefficient (Wildman–Crippen LogP) is 2.56. The van der Waals surface area contributed by atoms with E-state index in [2.05, 4.69) is 16.5 Å². The Morgan fingerprint density at radius 1 is 1.22 bits per heavy atom. The van der Waals surface area contributed by atoms with Gasteiger partial charge in [0.1, 0.15) is 5.82 Å². The van der Waals surface area contributed by atoms with E-state index in [1.165, 1.54) is 0 Å². The van der Waals surface area contributed by atoms with Crippen LogP contribution in [0.4, 0.5) is 5.69 Å². The van der Waals surface area contributed by atoms with Gasteiger partial charge in [-0.25, -0.2) is 4.98 Å². The summed E-state index contributed by atoms with van der Waals surface area (Å²) in [6.45, 7) is 4.45. The van der Waals surface area contributed by atoms with Crippen molar-refractivity contribution in [1.29, 1.82) is 0 Å². The zero-order valence-electron chi connectivity index (χ0n) is 10.7. The summed E-state index contributed by atoms with van der Waals surface area (Å²) in [6, 6.07) is 7.76. The zero-order valence-corrected chi connectivity index (χ0v) is 10.7. The summed E-state index contributed by atoms with van der Waals surface area (Å²) in [5.41, 5.74) is 7.53. The monoisotopic (exact) mass is 245 g/mol. The lowest BCUT2D eigenvalue weighted by molar-refractivity contribution is 0.127. The average molecular weight is 245 g/mol. The Labute approximate surface area is 107 Å². The molecule has 0 atom stereocenters. The van der Waals surface area contributed by atoms with Crippen LogP contribution in [-0.4, -0.2) is 22.8 Å². The van der Waals surface area contributed by atoms with Gasteiger partial charge in [0.15, 0.2) is 0 Å². The van der Waals surface area contributed by atoms with Crippen molar-refractivity contribution >= 4 is 5.69 Å². The second-order valence-corrected chi connectivity index (χ2v) is 4.18. The third-order valence-electron chi connectivity index (χ3n) is 2.71. The molecule has 0 spiro atoms. The van der Waals surface area contributed by atoms with Crippen LogP contribution in [0.2, 0.25) is 0 Å².